The van der Waals surface area contributed by atoms with E-state index in [2.05, 4.69) is 11.8 Å². The van der Waals surface area contributed by atoms with Crippen molar-refractivity contribution in [2.45, 2.75) is 58.1 Å². The second-order valence-corrected chi connectivity index (χ2v) is 5.72. The van der Waals surface area contributed by atoms with Crippen LogP contribution in [0.25, 0.3) is 0 Å². The normalized spacial score (nSPS) is 27.4. The lowest BCUT2D eigenvalue weighted by molar-refractivity contribution is 0.00380. The highest BCUT2D eigenvalue weighted by molar-refractivity contribution is 4.86. The number of nitrogens with zero attached hydrogens (tertiary/aromatic N) is 1. The molecule has 1 aliphatic carbocycles. The Balaban J connectivity index is 2.62. The van der Waals surface area contributed by atoms with Crippen molar-refractivity contribution in [3.63, 3.8) is 0 Å². The summed E-state index contributed by atoms with van der Waals surface area (Å²) in [5, 5.41) is 9.94. The summed E-state index contributed by atoms with van der Waals surface area (Å²) in [6.07, 6.45) is 5.12. The number of nitrogens with two attached hydrogens (primary N) is 1. The van der Waals surface area contributed by atoms with Gasteiger partial charge in [0.05, 0.1) is 5.60 Å². The van der Waals surface area contributed by atoms with Crippen molar-refractivity contribution in [1.29, 1.82) is 0 Å². The van der Waals surface area contributed by atoms with Gasteiger partial charge in [-0.05, 0) is 45.7 Å². The maximum atomic E-state index is 9.94. The number of hydrogen-bond acceptors (Lipinski definition) is 3. The largest absolute Gasteiger partial charge is 0.389 e. The number of rotatable bonds is 5. The first-order valence-corrected chi connectivity index (χ1v) is 6.64. The SMILES string of the molecule is CCN(CC(C)(C)O)C1CCCCC1CN. The van der Waals surface area contributed by atoms with E-state index in [0.717, 1.165) is 19.6 Å². The molecule has 1 rings (SSSR count). The van der Waals surface area contributed by atoms with Crippen molar-refractivity contribution in [2.75, 3.05) is 19.6 Å². The van der Waals surface area contributed by atoms with E-state index >= 15 is 0 Å². The van der Waals surface area contributed by atoms with Crippen molar-refractivity contribution < 1.29 is 5.11 Å². The standard InChI is InChI=1S/C13H28N2O/c1-4-15(10-13(2,3)16)12-8-6-5-7-11(12)9-14/h11-12,16H,4-10,14H2,1-3H3. The highest BCUT2D eigenvalue weighted by Gasteiger charge is 2.30. The summed E-state index contributed by atoms with van der Waals surface area (Å²) >= 11 is 0. The van der Waals surface area contributed by atoms with Gasteiger partial charge in [0.15, 0.2) is 0 Å². The van der Waals surface area contributed by atoms with E-state index in [1.165, 1.54) is 25.7 Å². The Labute approximate surface area is 100 Å². The van der Waals surface area contributed by atoms with E-state index in [9.17, 15) is 5.11 Å². The van der Waals surface area contributed by atoms with E-state index in [1.807, 2.05) is 13.8 Å². The lowest BCUT2D eigenvalue weighted by atomic mass is 9.83. The van der Waals surface area contributed by atoms with Gasteiger partial charge < -0.3 is 10.8 Å². The van der Waals surface area contributed by atoms with Crippen molar-refractivity contribution in [3.05, 3.63) is 0 Å². The first-order chi connectivity index (χ1) is 7.48. The van der Waals surface area contributed by atoms with Crippen LogP contribution in [-0.2, 0) is 0 Å². The molecule has 0 aromatic carbocycles. The summed E-state index contributed by atoms with van der Waals surface area (Å²) in [6.45, 7) is 8.49. The monoisotopic (exact) mass is 228 g/mol. The zero-order valence-electron chi connectivity index (χ0n) is 11.1. The van der Waals surface area contributed by atoms with Gasteiger partial charge in [-0.1, -0.05) is 19.8 Å². The molecule has 0 bridgehead atoms. The molecule has 0 radical (unpaired) electrons. The van der Waals surface area contributed by atoms with Gasteiger partial charge >= 0.3 is 0 Å². The Bertz CT molecular complexity index is 201. The highest BCUT2D eigenvalue weighted by Crippen LogP contribution is 2.28. The smallest absolute Gasteiger partial charge is 0.0718 e. The van der Waals surface area contributed by atoms with Crippen molar-refractivity contribution in [3.8, 4) is 0 Å². The third-order valence-electron chi connectivity index (χ3n) is 3.64. The molecule has 1 aliphatic rings. The van der Waals surface area contributed by atoms with Crippen LogP contribution in [0.2, 0.25) is 0 Å². The van der Waals surface area contributed by atoms with Gasteiger partial charge in [-0.25, -0.2) is 0 Å². The fourth-order valence-corrected chi connectivity index (χ4v) is 2.90. The molecule has 0 aromatic heterocycles. The van der Waals surface area contributed by atoms with Gasteiger partial charge in [0.2, 0.25) is 0 Å². The number of hydrogen-bond donors (Lipinski definition) is 2. The summed E-state index contributed by atoms with van der Waals surface area (Å²) in [5.41, 5.74) is 5.26. The predicted octanol–water partition coefficient (Wildman–Crippen LogP) is 1.60. The van der Waals surface area contributed by atoms with Crippen molar-refractivity contribution in [1.82, 2.24) is 4.90 Å². The van der Waals surface area contributed by atoms with Gasteiger partial charge in [0.25, 0.3) is 0 Å². The molecule has 0 aromatic rings. The zero-order chi connectivity index (χ0) is 12.2. The van der Waals surface area contributed by atoms with E-state index in [-0.39, 0.29) is 0 Å². The first kappa shape index (κ1) is 13.9. The predicted molar refractivity (Wildman–Crippen MR) is 68.3 cm³/mol. The molecular weight excluding hydrogens is 200 g/mol. The van der Waals surface area contributed by atoms with Gasteiger partial charge in [0.1, 0.15) is 0 Å². The molecule has 96 valence electrons. The lowest BCUT2D eigenvalue weighted by Gasteiger charge is -2.41. The second kappa shape index (κ2) is 5.99. The minimum Gasteiger partial charge on any atom is -0.389 e. The van der Waals surface area contributed by atoms with Gasteiger partial charge in [0, 0.05) is 12.6 Å². The highest BCUT2D eigenvalue weighted by atomic mass is 16.3. The van der Waals surface area contributed by atoms with Crippen molar-refractivity contribution >= 4 is 0 Å². The molecule has 0 amide bonds. The zero-order valence-corrected chi connectivity index (χ0v) is 11.1. The van der Waals surface area contributed by atoms with Crippen LogP contribution in [0.5, 0.6) is 0 Å². The third-order valence-corrected chi connectivity index (χ3v) is 3.64. The Kier molecular flexibility index (Phi) is 5.22. The van der Waals surface area contributed by atoms with E-state index in [1.54, 1.807) is 0 Å². The fraction of sp³-hybridized carbons (Fsp3) is 1.00. The van der Waals surface area contributed by atoms with Crippen LogP contribution in [0.3, 0.4) is 0 Å². The van der Waals surface area contributed by atoms with Gasteiger partial charge in [-0.2, -0.15) is 0 Å². The van der Waals surface area contributed by atoms with E-state index in [4.69, 9.17) is 5.73 Å². The fourth-order valence-electron chi connectivity index (χ4n) is 2.90. The second-order valence-electron chi connectivity index (χ2n) is 5.72. The quantitative estimate of drug-likeness (QED) is 0.751. The molecule has 0 spiro atoms. The molecule has 1 fully saturated rings. The van der Waals surface area contributed by atoms with Crippen molar-refractivity contribution in [2.24, 2.45) is 11.7 Å². The average Bonchev–Trinajstić information content (AvgIpc) is 2.24. The first-order valence-electron chi connectivity index (χ1n) is 6.64. The van der Waals surface area contributed by atoms with Crippen LogP contribution in [0.15, 0.2) is 0 Å². The Morgan fingerprint density at radius 1 is 1.31 bits per heavy atom. The van der Waals surface area contributed by atoms with Crippen LogP contribution < -0.4 is 5.73 Å². The van der Waals surface area contributed by atoms with Crippen LogP contribution in [0, 0.1) is 5.92 Å². The Morgan fingerprint density at radius 2 is 1.94 bits per heavy atom. The molecular formula is C13H28N2O. The maximum Gasteiger partial charge on any atom is 0.0718 e. The minimum atomic E-state index is -0.605. The molecule has 2 unspecified atom stereocenters. The van der Waals surface area contributed by atoms with E-state index < -0.39 is 5.60 Å². The van der Waals surface area contributed by atoms with Gasteiger partial charge in [-0.3, -0.25) is 4.90 Å². The summed E-state index contributed by atoms with van der Waals surface area (Å²) in [4.78, 5) is 2.41. The van der Waals surface area contributed by atoms with Crippen LogP contribution in [0.1, 0.15) is 46.5 Å². The van der Waals surface area contributed by atoms with Crippen LogP contribution in [0.4, 0.5) is 0 Å². The molecule has 3 N–H and O–H groups in total. The summed E-state index contributed by atoms with van der Waals surface area (Å²) in [7, 11) is 0. The number of likely N-dealkylation sites (N-methyl/N-ethyl adjacent to an activating group) is 1. The minimum absolute atomic E-state index is 0.579. The molecule has 3 nitrogen and oxygen atoms in total. The average molecular weight is 228 g/mol. The summed E-state index contributed by atoms with van der Waals surface area (Å²) in [5.74, 6) is 0.621. The van der Waals surface area contributed by atoms with Crippen LogP contribution >= 0.6 is 0 Å². The molecule has 3 heteroatoms. The third kappa shape index (κ3) is 4.04. The maximum absolute atomic E-state index is 9.94. The molecule has 0 heterocycles. The topological polar surface area (TPSA) is 49.5 Å². The lowest BCUT2D eigenvalue weighted by Crippen LogP contribution is -2.50. The molecule has 1 saturated carbocycles. The Morgan fingerprint density at radius 3 is 2.44 bits per heavy atom. The molecule has 16 heavy (non-hydrogen) atoms. The summed E-state index contributed by atoms with van der Waals surface area (Å²) in [6, 6.07) is 0.579. The molecule has 0 aliphatic heterocycles. The molecule has 0 saturated heterocycles. The number of aliphatic hydroxyl groups is 1. The summed E-state index contributed by atoms with van der Waals surface area (Å²) < 4.78 is 0. The van der Waals surface area contributed by atoms with Crippen LogP contribution in [-0.4, -0.2) is 41.3 Å². The van der Waals surface area contributed by atoms with Gasteiger partial charge in [-0.15, -0.1) is 0 Å². The molecule has 2 atom stereocenters. The Hall–Kier alpha value is -0.120. The van der Waals surface area contributed by atoms with E-state index in [0.29, 0.717) is 12.0 Å².